The number of benzene rings is 1. The highest BCUT2D eigenvalue weighted by atomic mass is 16.3. The normalized spacial score (nSPS) is 10.9. The number of hydrogen-bond acceptors (Lipinski definition) is 4. The van der Waals surface area contributed by atoms with E-state index in [-0.39, 0.29) is 5.91 Å². The van der Waals surface area contributed by atoms with Crippen LogP contribution in [0.3, 0.4) is 0 Å². The summed E-state index contributed by atoms with van der Waals surface area (Å²) in [5, 5.41) is 2.91. The fraction of sp³-hybridized carbons (Fsp3) is 0.0556. The molecule has 0 atom stereocenters. The molecule has 0 unspecified atom stereocenters. The monoisotopic (exact) mass is 318 g/mol. The van der Waals surface area contributed by atoms with E-state index in [0.29, 0.717) is 11.3 Å². The van der Waals surface area contributed by atoms with Gasteiger partial charge in [-0.05, 0) is 30.7 Å². The molecule has 0 aliphatic heterocycles. The molecule has 0 saturated carbocycles. The van der Waals surface area contributed by atoms with E-state index < -0.39 is 0 Å². The first-order chi connectivity index (χ1) is 11.7. The molecular weight excluding hydrogens is 304 g/mol. The van der Waals surface area contributed by atoms with Crippen LogP contribution in [0.2, 0.25) is 0 Å². The summed E-state index contributed by atoms with van der Waals surface area (Å²) in [5.41, 5.74) is 3.90. The van der Waals surface area contributed by atoms with Gasteiger partial charge < -0.3 is 9.73 Å². The standard InChI is InChI=1S/C18H14N4O2/c1-12-3-4-13(16-10-22-7-2-6-19-18(22)21-16)9-15(12)20-17(23)14-5-8-24-11-14/h2-11H,1H3,(H,20,23). The Kier molecular flexibility index (Phi) is 3.35. The Balaban J connectivity index is 1.69. The number of nitrogens with zero attached hydrogens (tertiary/aromatic N) is 3. The highest BCUT2D eigenvalue weighted by Gasteiger charge is 2.11. The van der Waals surface area contributed by atoms with Crippen LogP contribution >= 0.6 is 0 Å². The molecule has 4 aromatic rings. The molecule has 0 aliphatic rings. The Morgan fingerprint density at radius 3 is 3.00 bits per heavy atom. The molecule has 0 aliphatic carbocycles. The first-order valence-corrected chi connectivity index (χ1v) is 7.45. The number of anilines is 1. The van der Waals surface area contributed by atoms with Crippen molar-refractivity contribution in [3.63, 3.8) is 0 Å². The van der Waals surface area contributed by atoms with Gasteiger partial charge in [0, 0.05) is 29.8 Å². The van der Waals surface area contributed by atoms with E-state index in [1.165, 1.54) is 12.5 Å². The van der Waals surface area contributed by atoms with E-state index in [1.54, 1.807) is 12.3 Å². The SMILES string of the molecule is Cc1ccc(-c2cn3cccnc3n2)cc1NC(=O)c1ccoc1. The van der Waals surface area contributed by atoms with Gasteiger partial charge in [-0.2, -0.15) is 0 Å². The largest absolute Gasteiger partial charge is 0.472 e. The maximum Gasteiger partial charge on any atom is 0.258 e. The summed E-state index contributed by atoms with van der Waals surface area (Å²) in [6.07, 6.45) is 8.41. The summed E-state index contributed by atoms with van der Waals surface area (Å²) in [6, 6.07) is 9.32. The molecule has 0 radical (unpaired) electrons. The molecule has 1 aromatic carbocycles. The van der Waals surface area contributed by atoms with Crippen molar-refractivity contribution < 1.29 is 9.21 Å². The number of aryl methyl sites for hydroxylation is 1. The van der Waals surface area contributed by atoms with E-state index in [9.17, 15) is 4.79 Å². The highest BCUT2D eigenvalue weighted by Crippen LogP contribution is 2.25. The maximum absolute atomic E-state index is 12.2. The van der Waals surface area contributed by atoms with Crippen LogP contribution in [0.1, 0.15) is 15.9 Å². The van der Waals surface area contributed by atoms with Crippen molar-refractivity contribution in [1.82, 2.24) is 14.4 Å². The van der Waals surface area contributed by atoms with Gasteiger partial charge in [-0.15, -0.1) is 0 Å². The van der Waals surface area contributed by atoms with Crippen molar-refractivity contribution >= 4 is 17.4 Å². The van der Waals surface area contributed by atoms with E-state index >= 15 is 0 Å². The number of imidazole rings is 1. The van der Waals surface area contributed by atoms with Crippen molar-refractivity contribution in [3.05, 3.63) is 72.6 Å². The van der Waals surface area contributed by atoms with E-state index in [0.717, 1.165) is 22.5 Å². The Labute approximate surface area is 137 Å². The maximum atomic E-state index is 12.2. The molecule has 3 heterocycles. The summed E-state index contributed by atoms with van der Waals surface area (Å²) in [4.78, 5) is 20.9. The highest BCUT2D eigenvalue weighted by molar-refractivity contribution is 6.04. The molecule has 6 heteroatoms. The van der Waals surface area contributed by atoms with E-state index in [4.69, 9.17) is 4.42 Å². The van der Waals surface area contributed by atoms with Crippen LogP contribution in [0.15, 0.2) is 65.9 Å². The number of fused-ring (bicyclic) bond motifs is 1. The average Bonchev–Trinajstić information content (AvgIpc) is 3.26. The van der Waals surface area contributed by atoms with Crippen LogP contribution in [-0.4, -0.2) is 20.3 Å². The predicted octanol–water partition coefficient (Wildman–Crippen LogP) is 3.55. The van der Waals surface area contributed by atoms with Crippen LogP contribution in [0, 0.1) is 6.92 Å². The van der Waals surface area contributed by atoms with Gasteiger partial charge in [-0.1, -0.05) is 12.1 Å². The molecule has 24 heavy (non-hydrogen) atoms. The summed E-state index contributed by atoms with van der Waals surface area (Å²) >= 11 is 0. The molecule has 1 amide bonds. The van der Waals surface area contributed by atoms with E-state index in [2.05, 4.69) is 15.3 Å². The summed E-state index contributed by atoms with van der Waals surface area (Å²) in [7, 11) is 0. The van der Waals surface area contributed by atoms with Crippen molar-refractivity contribution in [2.24, 2.45) is 0 Å². The number of hydrogen-bond donors (Lipinski definition) is 1. The molecule has 0 spiro atoms. The zero-order valence-electron chi connectivity index (χ0n) is 12.9. The summed E-state index contributed by atoms with van der Waals surface area (Å²) in [5.74, 6) is 0.428. The number of carbonyl (C=O) groups excluding carboxylic acids is 1. The third kappa shape index (κ3) is 2.54. The smallest absolute Gasteiger partial charge is 0.258 e. The van der Waals surface area contributed by atoms with Gasteiger partial charge in [-0.3, -0.25) is 9.20 Å². The van der Waals surface area contributed by atoms with Crippen molar-refractivity contribution in [2.45, 2.75) is 6.92 Å². The van der Waals surface area contributed by atoms with Crippen LogP contribution in [-0.2, 0) is 0 Å². The quantitative estimate of drug-likeness (QED) is 0.627. The second kappa shape index (κ2) is 5.66. The molecule has 6 nitrogen and oxygen atoms in total. The first kappa shape index (κ1) is 14.2. The molecule has 4 rings (SSSR count). The number of amides is 1. The Morgan fingerprint density at radius 2 is 2.21 bits per heavy atom. The summed E-state index contributed by atoms with van der Waals surface area (Å²) < 4.78 is 6.81. The number of carbonyl (C=O) groups is 1. The van der Waals surface area contributed by atoms with Crippen molar-refractivity contribution in [1.29, 1.82) is 0 Å². The molecule has 118 valence electrons. The summed E-state index contributed by atoms with van der Waals surface area (Å²) in [6.45, 7) is 1.94. The van der Waals surface area contributed by atoms with Crippen LogP contribution in [0.25, 0.3) is 17.0 Å². The lowest BCUT2D eigenvalue weighted by molar-refractivity contribution is 0.102. The fourth-order valence-corrected chi connectivity index (χ4v) is 2.47. The minimum absolute atomic E-state index is 0.208. The average molecular weight is 318 g/mol. The number of furan rings is 1. The topological polar surface area (TPSA) is 72.4 Å². The van der Waals surface area contributed by atoms with Crippen LogP contribution < -0.4 is 5.32 Å². The Bertz CT molecular complexity index is 986. The third-order valence-electron chi connectivity index (χ3n) is 3.80. The third-order valence-corrected chi connectivity index (χ3v) is 3.80. The minimum atomic E-state index is -0.208. The number of nitrogens with one attached hydrogen (secondary N) is 1. The van der Waals surface area contributed by atoms with Gasteiger partial charge in [-0.25, -0.2) is 9.97 Å². The first-order valence-electron chi connectivity index (χ1n) is 7.45. The molecule has 0 fully saturated rings. The molecule has 0 bridgehead atoms. The van der Waals surface area contributed by atoms with Crippen LogP contribution in [0.5, 0.6) is 0 Å². The fourth-order valence-electron chi connectivity index (χ4n) is 2.47. The predicted molar refractivity (Wildman–Crippen MR) is 89.8 cm³/mol. The van der Waals surface area contributed by atoms with Crippen molar-refractivity contribution in [3.8, 4) is 11.3 Å². The molecule has 0 saturated heterocycles. The Hall–Kier alpha value is -3.41. The van der Waals surface area contributed by atoms with Gasteiger partial charge in [0.25, 0.3) is 5.91 Å². The van der Waals surface area contributed by atoms with Gasteiger partial charge in [0.15, 0.2) is 0 Å². The van der Waals surface area contributed by atoms with E-state index in [1.807, 2.05) is 48.0 Å². The lowest BCUT2D eigenvalue weighted by atomic mass is 10.1. The second-order valence-electron chi connectivity index (χ2n) is 5.45. The molecule has 3 aromatic heterocycles. The number of aromatic nitrogens is 3. The van der Waals surface area contributed by atoms with Gasteiger partial charge in [0.2, 0.25) is 5.78 Å². The lowest BCUT2D eigenvalue weighted by Gasteiger charge is -2.09. The lowest BCUT2D eigenvalue weighted by Crippen LogP contribution is -2.11. The zero-order chi connectivity index (χ0) is 16.5. The molecular formula is C18H14N4O2. The van der Waals surface area contributed by atoms with Gasteiger partial charge >= 0.3 is 0 Å². The zero-order valence-corrected chi connectivity index (χ0v) is 12.9. The minimum Gasteiger partial charge on any atom is -0.472 e. The van der Waals surface area contributed by atoms with Gasteiger partial charge in [0.05, 0.1) is 17.5 Å². The van der Waals surface area contributed by atoms with Gasteiger partial charge in [0.1, 0.15) is 6.26 Å². The van der Waals surface area contributed by atoms with Crippen LogP contribution in [0.4, 0.5) is 5.69 Å². The second-order valence-corrected chi connectivity index (χ2v) is 5.45. The van der Waals surface area contributed by atoms with Crippen molar-refractivity contribution in [2.75, 3.05) is 5.32 Å². The molecule has 1 N–H and O–H groups in total. The number of rotatable bonds is 3. The Morgan fingerprint density at radius 1 is 1.29 bits per heavy atom.